The van der Waals surface area contributed by atoms with Gasteiger partial charge >= 0.3 is 15.9 Å². The average molecular weight is 223 g/mol. The highest BCUT2D eigenvalue weighted by atomic mass is 31.2. The molecule has 2 atom stereocenters. The summed E-state index contributed by atoms with van der Waals surface area (Å²) in [6.45, 7) is 0. The molecule has 0 bridgehead atoms. The van der Waals surface area contributed by atoms with E-state index in [-0.39, 0.29) is 5.44 Å². The van der Waals surface area contributed by atoms with Crippen LogP contribution in [0.2, 0.25) is 0 Å². The van der Waals surface area contributed by atoms with Crippen LogP contribution >= 0.6 is 15.9 Å². The predicted molar refractivity (Wildman–Crippen MR) is 46.0 cm³/mol. The molecule has 0 aliphatic heterocycles. The molecule has 0 aromatic carbocycles. The molecule has 1 aromatic heterocycles. The van der Waals surface area contributed by atoms with Crippen molar-refractivity contribution in [2.24, 2.45) is 0 Å². The summed E-state index contributed by atoms with van der Waals surface area (Å²) in [6, 6.07) is 4.26. The molecular formula is C5H7NO5P2. The Hall–Kier alpha value is -0.510. The maximum Gasteiger partial charge on any atom is 0.383 e. The zero-order chi connectivity index (χ0) is 9.90. The van der Waals surface area contributed by atoms with Gasteiger partial charge in [-0.1, -0.05) is 6.07 Å². The first-order valence-electron chi connectivity index (χ1n) is 3.19. The summed E-state index contributed by atoms with van der Waals surface area (Å²) in [7, 11) is -7.67. The summed E-state index contributed by atoms with van der Waals surface area (Å²) in [6.07, 6.45) is 1.29. The van der Waals surface area contributed by atoms with E-state index in [1.165, 1.54) is 18.3 Å². The minimum atomic E-state index is -4.23. The van der Waals surface area contributed by atoms with Crippen LogP contribution in [-0.2, 0) is 13.4 Å². The van der Waals surface area contributed by atoms with E-state index in [1.807, 2.05) is 0 Å². The van der Waals surface area contributed by atoms with Gasteiger partial charge in [-0.05, 0) is 12.1 Å². The van der Waals surface area contributed by atoms with Crippen LogP contribution in [0.5, 0.6) is 0 Å². The Balaban J connectivity index is 2.95. The molecule has 2 N–H and O–H groups in total. The first-order valence-corrected chi connectivity index (χ1v) is 6.03. The Kier molecular flexibility index (Phi) is 3.36. The second kappa shape index (κ2) is 4.13. The van der Waals surface area contributed by atoms with Crippen molar-refractivity contribution in [2.45, 2.75) is 0 Å². The highest BCUT2D eigenvalue weighted by Crippen LogP contribution is 2.47. The molecule has 6 nitrogen and oxygen atoms in total. The van der Waals surface area contributed by atoms with Gasteiger partial charge in [-0.2, -0.15) is 0 Å². The lowest BCUT2D eigenvalue weighted by Gasteiger charge is -2.07. The second-order valence-corrected chi connectivity index (χ2v) is 4.83. The van der Waals surface area contributed by atoms with Crippen molar-refractivity contribution in [1.82, 2.24) is 4.98 Å². The first kappa shape index (κ1) is 10.6. The largest absolute Gasteiger partial charge is 0.383 e. The zero-order valence-corrected chi connectivity index (χ0v) is 8.22. The van der Waals surface area contributed by atoms with Crippen LogP contribution in [0.4, 0.5) is 0 Å². The SMILES string of the molecule is O=[PH](O)OP(=O)(O)c1ccccn1. The number of aromatic nitrogens is 1. The quantitative estimate of drug-likeness (QED) is 0.715. The van der Waals surface area contributed by atoms with E-state index in [4.69, 9.17) is 9.79 Å². The summed E-state index contributed by atoms with van der Waals surface area (Å²) in [5.41, 5.74) is -0.248. The van der Waals surface area contributed by atoms with Crippen LogP contribution in [0, 0.1) is 0 Å². The molecule has 1 heterocycles. The van der Waals surface area contributed by atoms with Crippen LogP contribution < -0.4 is 5.44 Å². The Morgan fingerprint density at radius 3 is 2.69 bits per heavy atom. The summed E-state index contributed by atoms with van der Waals surface area (Å²) in [5.74, 6) is 0. The van der Waals surface area contributed by atoms with Gasteiger partial charge in [-0.25, -0.2) is 9.29 Å². The van der Waals surface area contributed by atoms with E-state index in [1.54, 1.807) is 6.07 Å². The van der Waals surface area contributed by atoms with Gasteiger partial charge in [-0.15, -0.1) is 0 Å². The normalized spacial score (nSPS) is 17.7. The average Bonchev–Trinajstić information content (AvgIpc) is 2.04. The number of nitrogens with zero attached hydrogens (tertiary/aromatic N) is 1. The maximum atomic E-state index is 11.2. The van der Waals surface area contributed by atoms with Crippen molar-refractivity contribution in [1.29, 1.82) is 0 Å². The van der Waals surface area contributed by atoms with Gasteiger partial charge in [0.2, 0.25) is 0 Å². The van der Waals surface area contributed by atoms with Crippen LogP contribution in [0.15, 0.2) is 24.4 Å². The number of pyridine rings is 1. The molecule has 0 fully saturated rings. The molecule has 13 heavy (non-hydrogen) atoms. The van der Waals surface area contributed by atoms with E-state index in [2.05, 4.69) is 9.29 Å². The molecule has 8 heteroatoms. The number of rotatable bonds is 3. The van der Waals surface area contributed by atoms with Gasteiger partial charge in [0.1, 0.15) is 0 Å². The Morgan fingerprint density at radius 2 is 2.23 bits per heavy atom. The predicted octanol–water partition coefficient (Wildman–Crippen LogP) is 0.291. The lowest BCUT2D eigenvalue weighted by Crippen LogP contribution is -2.08. The van der Waals surface area contributed by atoms with E-state index >= 15 is 0 Å². The Morgan fingerprint density at radius 1 is 1.54 bits per heavy atom. The first-order chi connectivity index (χ1) is 6.02. The minimum absolute atomic E-state index is 0.248. The van der Waals surface area contributed by atoms with Gasteiger partial charge in [0.25, 0.3) is 0 Å². The summed E-state index contributed by atoms with van der Waals surface area (Å²) >= 11 is 0. The van der Waals surface area contributed by atoms with Gasteiger partial charge in [0.05, 0.1) is 0 Å². The van der Waals surface area contributed by atoms with E-state index in [0.717, 1.165) is 0 Å². The molecule has 0 aliphatic rings. The summed E-state index contributed by atoms with van der Waals surface area (Å²) in [4.78, 5) is 20.9. The van der Waals surface area contributed by atoms with Crippen molar-refractivity contribution in [3.05, 3.63) is 24.4 Å². The fraction of sp³-hybridized carbons (Fsp3) is 0. The molecule has 72 valence electrons. The van der Waals surface area contributed by atoms with Crippen molar-refractivity contribution in [3.63, 3.8) is 0 Å². The Bertz CT molecular complexity index is 353. The second-order valence-electron chi connectivity index (χ2n) is 2.07. The molecule has 0 saturated carbocycles. The van der Waals surface area contributed by atoms with Gasteiger partial charge < -0.3 is 9.79 Å². The maximum absolute atomic E-state index is 11.2. The van der Waals surface area contributed by atoms with Gasteiger partial charge in [0.15, 0.2) is 5.44 Å². The molecule has 0 spiro atoms. The van der Waals surface area contributed by atoms with Crippen molar-refractivity contribution >= 4 is 21.3 Å². The number of hydrogen-bond donors (Lipinski definition) is 2. The summed E-state index contributed by atoms with van der Waals surface area (Å²) < 4.78 is 25.3. The van der Waals surface area contributed by atoms with E-state index < -0.39 is 15.9 Å². The van der Waals surface area contributed by atoms with Crippen LogP contribution in [0.1, 0.15) is 0 Å². The third kappa shape index (κ3) is 3.03. The fourth-order valence-electron chi connectivity index (χ4n) is 0.674. The van der Waals surface area contributed by atoms with Gasteiger partial charge in [0, 0.05) is 6.20 Å². The molecule has 0 saturated heterocycles. The van der Waals surface area contributed by atoms with Crippen molar-refractivity contribution in [2.75, 3.05) is 0 Å². The molecule has 0 radical (unpaired) electrons. The van der Waals surface area contributed by atoms with Crippen molar-refractivity contribution < 1.29 is 23.2 Å². The fourth-order valence-corrected chi connectivity index (χ4v) is 2.38. The molecule has 1 aromatic rings. The molecule has 2 unspecified atom stereocenters. The third-order valence-corrected chi connectivity index (χ3v) is 3.60. The minimum Gasteiger partial charge on any atom is -0.326 e. The van der Waals surface area contributed by atoms with E-state index in [0.29, 0.717) is 0 Å². The van der Waals surface area contributed by atoms with Crippen LogP contribution in [0.3, 0.4) is 0 Å². The summed E-state index contributed by atoms with van der Waals surface area (Å²) in [5, 5.41) is 0. The third-order valence-electron chi connectivity index (χ3n) is 1.14. The van der Waals surface area contributed by atoms with Crippen molar-refractivity contribution in [3.8, 4) is 0 Å². The van der Waals surface area contributed by atoms with Crippen LogP contribution in [-0.4, -0.2) is 14.8 Å². The monoisotopic (exact) mass is 223 g/mol. The lowest BCUT2D eigenvalue weighted by molar-refractivity contribution is 0.359. The Labute approximate surface area is 74.7 Å². The molecule has 0 amide bonds. The smallest absolute Gasteiger partial charge is 0.326 e. The lowest BCUT2D eigenvalue weighted by atomic mass is 10.5. The molecule has 0 aliphatic carbocycles. The highest BCUT2D eigenvalue weighted by Gasteiger charge is 2.26. The van der Waals surface area contributed by atoms with Gasteiger partial charge in [-0.3, -0.25) is 9.13 Å². The standard InChI is InChI=1S/C5H7NO5P2/c7-12(8)11-13(9,10)5-3-1-2-4-6-5/h1-4,12H,(H,7,8)(H,9,10). The zero-order valence-electron chi connectivity index (χ0n) is 6.32. The molecular weight excluding hydrogens is 216 g/mol. The van der Waals surface area contributed by atoms with Crippen LogP contribution in [0.25, 0.3) is 0 Å². The topological polar surface area (TPSA) is 96.7 Å². The number of hydrogen-bond acceptors (Lipinski definition) is 4. The van der Waals surface area contributed by atoms with E-state index in [9.17, 15) is 9.13 Å². The molecule has 1 rings (SSSR count). The highest BCUT2D eigenvalue weighted by molar-refractivity contribution is 7.66.